The maximum Gasteiger partial charge on any atom is 0.429 e. The van der Waals surface area contributed by atoms with Gasteiger partial charge in [-0.25, -0.2) is 12.8 Å². The molecule has 0 spiro atoms. The van der Waals surface area contributed by atoms with E-state index in [0.29, 0.717) is 18.4 Å². The van der Waals surface area contributed by atoms with Crippen molar-refractivity contribution in [2.45, 2.75) is 42.7 Å². The van der Waals surface area contributed by atoms with E-state index in [0.717, 1.165) is 41.0 Å². The van der Waals surface area contributed by atoms with E-state index in [-0.39, 0.29) is 34.3 Å². The van der Waals surface area contributed by atoms with Gasteiger partial charge in [0.15, 0.2) is 0 Å². The van der Waals surface area contributed by atoms with Gasteiger partial charge in [0.05, 0.1) is 15.6 Å². The predicted molar refractivity (Wildman–Crippen MR) is 124 cm³/mol. The maximum atomic E-state index is 13.2. The number of nitrogens with one attached hydrogen (secondary N) is 2. The summed E-state index contributed by atoms with van der Waals surface area (Å²) < 4.78 is 78.6. The second kappa shape index (κ2) is 10.1. The van der Waals surface area contributed by atoms with Crippen molar-refractivity contribution in [2.75, 3.05) is 6.54 Å². The third kappa shape index (κ3) is 5.52. The number of alkyl halides is 3. The van der Waals surface area contributed by atoms with Crippen molar-refractivity contribution in [1.29, 1.82) is 0 Å². The van der Waals surface area contributed by atoms with Gasteiger partial charge < -0.3 is 10.6 Å². The number of carbonyl (C=O) groups excluding carboxylic acids is 1. The molecule has 0 aliphatic carbocycles. The molecule has 8 nitrogen and oxygen atoms in total. The Morgan fingerprint density at radius 2 is 1.97 bits per heavy atom. The van der Waals surface area contributed by atoms with Crippen LogP contribution in [-0.2, 0) is 21.4 Å². The monoisotopic (exact) mass is 545 g/mol. The molecule has 1 saturated heterocycles. The number of halogens is 5. The van der Waals surface area contributed by atoms with Crippen molar-refractivity contribution in [3.63, 3.8) is 0 Å². The van der Waals surface area contributed by atoms with Gasteiger partial charge >= 0.3 is 6.18 Å². The Hall–Kier alpha value is -3.03. The van der Waals surface area contributed by atoms with Crippen LogP contribution in [0.5, 0.6) is 0 Å². The van der Waals surface area contributed by atoms with Gasteiger partial charge in [-0.1, -0.05) is 11.6 Å². The number of rotatable bonds is 6. The van der Waals surface area contributed by atoms with Crippen molar-refractivity contribution in [3.8, 4) is 0 Å². The lowest BCUT2D eigenvalue weighted by Crippen LogP contribution is -2.45. The Morgan fingerprint density at radius 3 is 2.61 bits per heavy atom. The zero-order valence-corrected chi connectivity index (χ0v) is 20.0. The lowest BCUT2D eigenvalue weighted by atomic mass is 10.1. The molecule has 3 heterocycles. The van der Waals surface area contributed by atoms with Crippen LogP contribution in [0.4, 0.5) is 17.6 Å². The molecule has 1 fully saturated rings. The van der Waals surface area contributed by atoms with Gasteiger partial charge in [0.25, 0.3) is 0 Å². The summed E-state index contributed by atoms with van der Waals surface area (Å²) in [4.78, 5) is 20.3. The number of aliphatic imine (C=N–C) groups is 1. The van der Waals surface area contributed by atoms with Crippen molar-refractivity contribution in [2.24, 2.45) is 4.99 Å². The Bertz CT molecular complexity index is 1320. The van der Waals surface area contributed by atoms with Crippen LogP contribution < -0.4 is 10.6 Å². The number of allylic oxidation sites excluding steroid dienone is 1. The first kappa shape index (κ1) is 26.0. The molecule has 1 unspecified atom stereocenters. The fourth-order valence-corrected chi connectivity index (χ4v) is 5.66. The molecular formula is C22H20ClF4N5O3S. The Kier molecular flexibility index (Phi) is 7.34. The second-order valence-electron chi connectivity index (χ2n) is 8.10. The highest BCUT2D eigenvalue weighted by atomic mass is 35.5. The summed E-state index contributed by atoms with van der Waals surface area (Å²) in [6.07, 6.45) is -2.34. The molecule has 1 amide bonds. The summed E-state index contributed by atoms with van der Waals surface area (Å²) in [5.41, 5.74) is 0.988. The zero-order chi connectivity index (χ0) is 26.1. The fourth-order valence-electron chi connectivity index (χ4n) is 3.83. The number of carbonyl (C=O) groups is 1. The van der Waals surface area contributed by atoms with Crippen LogP contribution in [0.15, 0.2) is 52.6 Å². The van der Waals surface area contributed by atoms with E-state index in [1.807, 2.05) is 0 Å². The average Bonchev–Trinajstić information content (AvgIpc) is 3.34. The highest BCUT2D eigenvalue weighted by molar-refractivity contribution is 7.89. The van der Waals surface area contributed by atoms with Gasteiger partial charge in [0.2, 0.25) is 22.1 Å². The molecule has 0 radical (unpaired) electrons. The van der Waals surface area contributed by atoms with Crippen LogP contribution in [0.2, 0.25) is 5.02 Å². The van der Waals surface area contributed by atoms with E-state index in [9.17, 15) is 30.8 Å². The molecule has 14 heteroatoms. The fraction of sp³-hybridized carbons (Fsp3) is 0.318. The van der Waals surface area contributed by atoms with Crippen molar-refractivity contribution in [3.05, 3.63) is 64.8 Å². The molecule has 2 aromatic rings. The van der Waals surface area contributed by atoms with Gasteiger partial charge in [0.1, 0.15) is 11.9 Å². The minimum Gasteiger partial charge on any atom is -0.362 e. The second-order valence-corrected chi connectivity index (χ2v) is 10.4. The van der Waals surface area contributed by atoms with E-state index in [1.54, 1.807) is 0 Å². The highest BCUT2D eigenvalue weighted by Crippen LogP contribution is 2.28. The number of hydrogen-bond donors (Lipinski definition) is 2. The first-order chi connectivity index (χ1) is 17.0. The minimum absolute atomic E-state index is 0.0723. The lowest BCUT2D eigenvalue weighted by Gasteiger charge is -2.23. The summed E-state index contributed by atoms with van der Waals surface area (Å²) in [5.74, 6) is -1.12. The van der Waals surface area contributed by atoms with Crippen LogP contribution in [-0.4, -0.2) is 54.8 Å². The standard InChI is InChI=1S/C22H20ClF4N5O3S/c23-17-12-28-18(14-10-30-21(31-11-14)22(25,26)27)8-13(17)9-29-20(33)19-2-1-7-32(19)36(34,35)16-5-3-15(24)4-6-16/h3-6,8,10-12,19,21,30H,1-2,7,9H2,(H,29,33)/t19-,21?/m0/s1. The summed E-state index contributed by atoms with van der Waals surface area (Å²) in [6.45, 7) is 0.0640. The highest BCUT2D eigenvalue weighted by Gasteiger charge is 2.40. The molecule has 192 valence electrons. The molecule has 2 atom stereocenters. The molecule has 2 aliphatic heterocycles. The predicted octanol–water partition coefficient (Wildman–Crippen LogP) is 3.25. The van der Waals surface area contributed by atoms with E-state index < -0.39 is 40.1 Å². The third-order valence-corrected chi connectivity index (χ3v) is 7.94. The van der Waals surface area contributed by atoms with Crippen LogP contribution >= 0.6 is 11.6 Å². The van der Waals surface area contributed by atoms with E-state index >= 15 is 0 Å². The molecule has 2 N–H and O–H groups in total. The largest absolute Gasteiger partial charge is 0.429 e. The van der Waals surface area contributed by atoms with Gasteiger partial charge in [-0.15, -0.1) is 0 Å². The minimum atomic E-state index is -4.54. The molecule has 2 aliphatic rings. The smallest absolute Gasteiger partial charge is 0.362 e. The summed E-state index contributed by atoms with van der Waals surface area (Å²) in [6, 6.07) is 4.89. The summed E-state index contributed by atoms with van der Waals surface area (Å²) >= 11 is 6.19. The zero-order valence-electron chi connectivity index (χ0n) is 18.5. The van der Waals surface area contributed by atoms with Gasteiger partial charge in [0, 0.05) is 37.3 Å². The van der Waals surface area contributed by atoms with Crippen LogP contribution in [0, 0.1) is 5.82 Å². The number of aromatic nitrogens is 1. The van der Waals surface area contributed by atoms with E-state index in [4.69, 9.17) is 11.6 Å². The van der Waals surface area contributed by atoms with Crippen molar-refractivity contribution in [1.82, 2.24) is 19.9 Å². The van der Waals surface area contributed by atoms with Crippen LogP contribution in [0.3, 0.4) is 0 Å². The molecule has 1 aromatic carbocycles. The molecule has 0 bridgehead atoms. The summed E-state index contributed by atoms with van der Waals surface area (Å²) in [7, 11) is -4.02. The van der Waals surface area contributed by atoms with E-state index in [1.165, 1.54) is 12.3 Å². The molecule has 36 heavy (non-hydrogen) atoms. The average molecular weight is 546 g/mol. The van der Waals surface area contributed by atoms with Gasteiger partial charge in [-0.05, 0) is 48.7 Å². The SMILES string of the molecule is O=C(NCc1cc(C2=CNC(C(F)(F)F)N=C2)ncc1Cl)[C@@H]1CCCN1S(=O)(=O)c1ccc(F)cc1. The van der Waals surface area contributed by atoms with Crippen molar-refractivity contribution >= 4 is 39.3 Å². The topological polar surface area (TPSA) is 104 Å². The number of nitrogens with zero attached hydrogens (tertiary/aromatic N) is 3. The maximum absolute atomic E-state index is 13.2. The molecular weight excluding hydrogens is 526 g/mol. The molecule has 1 aromatic heterocycles. The van der Waals surface area contributed by atoms with Gasteiger partial charge in [-0.2, -0.15) is 17.5 Å². The first-order valence-electron chi connectivity index (χ1n) is 10.7. The molecule has 4 rings (SSSR count). The number of amides is 1. The molecule has 0 saturated carbocycles. The number of sulfonamides is 1. The van der Waals surface area contributed by atoms with E-state index in [2.05, 4.69) is 20.6 Å². The van der Waals surface area contributed by atoms with Crippen molar-refractivity contribution < 1.29 is 30.8 Å². The Labute approximate surface area is 209 Å². The van der Waals surface area contributed by atoms with Crippen LogP contribution in [0.1, 0.15) is 24.1 Å². The lowest BCUT2D eigenvalue weighted by molar-refractivity contribution is -0.151. The first-order valence-corrected chi connectivity index (χ1v) is 12.5. The Morgan fingerprint density at radius 1 is 1.25 bits per heavy atom. The van der Waals surface area contributed by atoms with Gasteiger partial charge in [-0.3, -0.25) is 14.8 Å². The number of hydrogen-bond acceptors (Lipinski definition) is 6. The number of pyridine rings is 1. The Balaban J connectivity index is 1.45. The van der Waals surface area contributed by atoms with Crippen LogP contribution in [0.25, 0.3) is 5.57 Å². The third-order valence-electron chi connectivity index (χ3n) is 5.68. The number of benzene rings is 1. The quantitative estimate of drug-likeness (QED) is 0.542. The summed E-state index contributed by atoms with van der Waals surface area (Å²) in [5, 5.41) is 5.02. The normalized spacial score (nSPS) is 20.6.